The number of aryl methyl sites for hydroxylation is 1. The van der Waals surface area contributed by atoms with Gasteiger partial charge in [-0.25, -0.2) is 4.90 Å². The summed E-state index contributed by atoms with van der Waals surface area (Å²) >= 11 is 2.64. The van der Waals surface area contributed by atoms with Crippen LogP contribution in [0.1, 0.15) is 16.7 Å². The van der Waals surface area contributed by atoms with E-state index in [1.54, 1.807) is 29.5 Å². The first-order chi connectivity index (χ1) is 10.2. The van der Waals surface area contributed by atoms with E-state index in [-0.39, 0.29) is 11.1 Å². The molecule has 0 N–H and O–H groups in total. The van der Waals surface area contributed by atoms with Crippen LogP contribution in [0.2, 0.25) is 0 Å². The third kappa shape index (κ3) is 2.80. The number of hydrogen-bond donors (Lipinski definition) is 0. The number of carbonyl (C=O) groups excluding carboxylic acids is 2. The topological polar surface area (TPSA) is 37.4 Å². The van der Waals surface area contributed by atoms with Gasteiger partial charge in [0.05, 0.1) is 10.6 Å². The number of thioether (sulfide) groups is 1. The molecule has 0 unspecified atom stereocenters. The van der Waals surface area contributed by atoms with Gasteiger partial charge in [-0.05, 0) is 48.5 Å². The lowest BCUT2D eigenvalue weighted by atomic mass is 10.3. The molecule has 0 spiro atoms. The molecule has 1 saturated heterocycles. The van der Waals surface area contributed by atoms with Crippen molar-refractivity contribution in [3.05, 3.63) is 57.1 Å². The van der Waals surface area contributed by atoms with E-state index in [0.717, 1.165) is 23.1 Å². The van der Waals surface area contributed by atoms with Gasteiger partial charge in [0.2, 0.25) is 0 Å². The van der Waals surface area contributed by atoms with Crippen molar-refractivity contribution < 1.29 is 9.59 Å². The van der Waals surface area contributed by atoms with Crippen LogP contribution in [0, 0.1) is 0 Å². The molecule has 0 radical (unpaired) electrons. The lowest BCUT2D eigenvalue weighted by molar-refractivity contribution is -0.113. The lowest BCUT2D eigenvalue weighted by Gasteiger charge is -2.11. The highest BCUT2D eigenvalue weighted by molar-refractivity contribution is 8.19. The average molecular weight is 315 g/mol. The van der Waals surface area contributed by atoms with Crippen LogP contribution >= 0.6 is 23.1 Å². The Bertz CT molecular complexity index is 719. The summed E-state index contributed by atoms with van der Waals surface area (Å²) < 4.78 is 0. The molecule has 3 rings (SSSR count). The van der Waals surface area contributed by atoms with Gasteiger partial charge in [-0.15, -0.1) is 11.3 Å². The number of rotatable bonds is 3. The zero-order valence-corrected chi connectivity index (χ0v) is 13.0. The third-order valence-electron chi connectivity index (χ3n) is 3.11. The Balaban J connectivity index is 1.90. The number of para-hydroxylation sites is 1. The summed E-state index contributed by atoms with van der Waals surface area (Å²) in [6.45, 7) is 2.10. The Morgan fingerprint density at radius 1 is 1.10 bits per heavy atom. The van der Waals surface area contributed by atoms with Crippen molar-refractivity contribution in [3.63, 3.8) is 0 Å². The van der Waals surface area contributed by atoms with Gasteiger partial charge in [0, 0.05) is 9.75 Å². The lowest BCUT2D eigenvalue weighted by Crippen LogP contribution is -2.27. The van der Waals surface area contributed by atoms with Crippen LogP contribution in [-0.4, -0.2) is 11.1 Å². The molecule has 2 heterocycles. The second-order valence-corrected chi connectivity index (χ2v) is 6.70. The molecule has 0 bridgehead atoms. The van der Waals surface area contributed by atoms with Gasteiger partial charge in [0.15, 0.2) is 0 Å². The van der Waals surface area contributed by atoms with Gasteiger partial charge in [-0.2, -0.15) is 0 Å². The van der Waals surface area contributed by atoms with Gasteiger partial charge >= 0.3 is 0 Å². The van der Waals surface area contributed by atoms with Gasteiger partial charge in [0.1, 0.15) is 0 Å². The van der Waals surface area contributed by atoms with Crippen LogP contribution in [0.3, 0.4) is 0 Å². The molecular formula is C16H13NO2S2. The predicted octanol–water partition coefficient (Wildman–Crippen LogP) is 4.55. The molecule has 1 aromatic heterocycles. The normalized spacial score (nSPS) is 17.0. The fraction of sp³-hybridized carbons (Fsp3) is 0.125. The molecule has 1 aliphatic heterocycles. The number of imide groups is 1. The van der Waals surface area contributed by atoms with Gasteiger partial charge in [0.25, 0.3) is 11.1 Å². The summed E-state index contributed by atoms with van der Waals surface area (Å²) in [6.07, 6.45) is 2.78. The smallest absolute Gasteiger partial charge is 0.268 e. The van der Waals surface area contributed by atoms with E-state index >= 15 is 0 Å². The van der Waals surface area contributed by atoms with Crippen molar-refractivity contribution in [2.24, 2.45) is 0 Å². The van der Waals surface area contributed by atoms with Crippen LogP contribution < -0.4 is 4.90 Å². The van der Waals surface area contributed by atoms with Crippen molar-refractivity contribution in [2.75, 3.05) is 4.90 Å². The van der Waals surface area contributed by atoms with E-state index in [1.807, 2.05) is 24.3 Å². The summed E-state index contributed by atoms with van der Waals surface area (Å²) in [6, 6.07) is 13.1. The SMILES string of the molecule is CCc1ccc(/C=C2\SC(=O)N(c3ccccc3)C2=O)s1. The fourth-order valence-corrected chi connectivity index (χ4v) is 3.86. The zero-order valence-electron chi connectivity index (χ0n) is 11.4. The maximum atomic E-state index is 12.4. The van der Waals surface area contributed by atoms with E-state index in [1.165, 1.54) is 9.78 Å². The van der Waals surface area contributed by atoms with Crippen LogP contribution in [0.5, 0.6) is 0 Å². The average Bonchev–Trinajstić information content (AvgIpc) is 3.05. The van der Waals surface area contributed by atoms with Gasteiger partial charge in [-0.1, -0.05) is 25.1 Å². The highest BCUT2D eigenvalue weighted by atomic mass is 32.2. The van der Waals surface area contributed by atoms with E-state index in [4.69, 9.17) is 0 Å². The molecule has 1 aliphatic rings. The van der Waals surface area contributed by atoms with Crippen molar-refractivity contribution in [3.8, 4) is 0 Å². The summed E-state index contributed by atoms with van der Waals surface area (Å²) in [4.78, 5) is 28.5. The molecular weight excluding hydrogens is 302 g/mol. The number of benzene rings is 1. The molecule has 3 nitrogen and oxygen atoms in total. The highest BCUT2D eigenvalue weighted by Crippen LogP contribution is 2.36. The molecule has 0 aliphatic carbocycles. The number of carbonyl (C=O) groups is 2. The Morgan fingerprint density at radius 3 is 2.52 bits per heavy atom. The number of nitrogens with zero attached hydrogens (tertiary/aromatic N) is 1. The van der Waals surface area contributed by atoms with Crippen molar-refractivity contribution in [2.45, 2.75) is 13.3 Å². The van der Waals surface area contributed by atoms with E-state index < -0.39 is 0 Å². The third-order valence-corrected chi connectivity index (χ3v) is 5.16. The van der Waals surface area contributed by atoms with E-state index in [9.17, 15) is 9.59 Å². The molecule has 106 valence electrons. The Hall–Kier alpha value is -1.85. The number of hydrogen-bond acceptors (Lipinski definition) is 4. The van der Waals surface area contributed by atoms with E-state index in [2.05, 4.69) is 13.0 Å². The molecule has 2 aromatic rings. The molecule has 2 amide bonds. The number of anilines is 1. The van der Waals surface area contributed by atoms with Crippen LogP contribution in [-0.2, 0) is 11.2 Å². The molecule has 0 saturated carbocycles. The Labute approximate surface area is 131 Å². The highest BCUT2D eigenvalue weighted by Gasteiger charge is 2.36. The maximum Gasteiger partial charge on any atom is 0.298 e. The minimum atomic E-state index is -0.248. The van der Waals surface area contributed by atoms with Crippen LogP contribution in [0.25, 0.3) is 6.08 Å². The van der Waals surface area contributed by atoms with Crippen molar-refractivity contribution >= 4 is 46.0 Å². The first kappa shape index (κ1) is 14.1. The standard InChI is InChI=1S/C16H13NO2S2/c1-2-12-8-9-13(20-12)10-14-15(18)17(16(19)21-14)11-6-4-3-5-7-11/h3-10H,2H2,1H3/b14-10-. The summed E-state index contributed by atoms with van der Waals surface area (Å²) in [5.41, 5.74) is 0.615. The minimum absolute atomic E-state index is 0.246. The molecule has 5 heteroatoms. The van der Waals surface area contributed by atoms with E-state index in [0.29, 0.717) is 10.6 Å². The predicted molar refractivity (Wildman–Crippen MR) is 88.6 cm³/mol. The Morgan fingerprint density at radius 2 is 1.86 bits per heavy atom. The molecule has 1 fully saturated rings. The number of thiophene rings is 1. The number of amides is 2. The monoisotopic (exact) mass is 315 g/mol. The second-order valence-electron chi connectivity index (χ2n) is 4.51. The van der Waals surface area contributed by atoms with Crippen molar-refractivity contribution in [1.29, 1.82) is 0 Å². The first-order valence-electron chi connectivity index (χ1n) is 6.60. The minimum Gasteiger partial charge on any atom is -0.268 e. The summed E-state index contributed by atoms with van der Waals surface area (Å²) in [7, 11) is 0. The molecule has 0 atom stereocenters. The summed E-state index contributed by atoms with van der Waals surface area (Å²) in [5, 5.41) is -0.246. The van der Waals surface area contributed by atoms with Crippen molar-refractivity contribution in [1.82, 2.24) is 0 Å². The zero-order chi connectivity index (χ0) is 14.8. The Kier molecular flexibility index (Phi) is 3.94. The van der Waals surface area contributed by atoms with Crippen LogP contribution in [0.15, 0.2) is 47.4 Å². The molecule has 1 aromatic carbocycles. The summed E-state index contributed by atoms with van der Waals surface area (Å²) in [5.74, 6) is -0.248. The van der Waals surface area contributed by atoms with Gasteiger partial charge in [-0.3, -0.25) is 9.59 Å². The quantitative estimate of drug-likeness (QED) is 0.780. The largest absolute Gasteiger partial charge is 0.298 e. The van der Waals surface area contributed by atoms with Crippen LogP contribution in [0.4, 0.5) is 10.5 Å². The maximum absolute atomic E-state index is 12.4. The first-order valence-corrected chi connectivity index (χ1v) is 8.24. The molecule has 21 heavy (non-hydrogen) atoms. The fourth-order valence-electron chi connectivity index (χ4n) is 2.06. The van der Waals surface area contributed by atoms with Gasteiger partial charge < -0.3 is 0 Å². The second kappa shape index (κ2) is 5.87.